The lowest BCUT2D eigenvalue weighted by atomic mass is 10.0. The number of rotatable bonds is 4. The van der Waals surface area contributed by atoms with Crippen LogP contribution in [0.3, 0.4) is 0 Å². The molecule has 0 spiro atoms. The van der Waals surface area contributed by atoms with Gasteiger partial charge in [-0.1, -0.05) is 37.6 Å². The Balaban J connectivity index is 2.62. The van der Waals surface area contributed by atoms with Crippen LogP contribution in [0.25, 0.3) is 10.8 Å². The van der Waals surface area contributed by atoms with Gasteiger partial charge in [-0.15, -0.1) is 0 Å². The van der Waals surface area contributed by atoms with Crippen LogP contribution in [-0.2, 0) is 11.2 Å². The minimum Gasteiger partial charge on any atom is -0.462 e. The van der Waals surface area contributed by atoms with E-state index >= 15 is 0 Å². The second-order valence-corrected chi connectivity index (χ2v) is 4.14. The number of ether oxygens (including phenoxy) is 1. The molecule has 0 saturated heterocycles. The van der Waals surface area contributed by atoms with Crippen molar-refractivity contribution in [3.63, 3.8) is 0 Å². The first-order chi connectivity index (χ1) is 8.77. The maximum atomic E-state index is 12.1. The standard InChI is InChI=1S/C15H17NO2/c1-3-7-13-14(15(17)18-4-2)12-9-6-5-8-11(12)10-16-13/h5-6,8-10H,3-4,7H2,1-2H3. The molecular formula is C15H17NO2. The summed E-state index contributed by atoms with van der Waals surface area (Å²) in [6, 6.07) is 7.78. The fraction of sp³-hybridized carbons (Fsp3) is 0.333. The molecular weight excluding hydrogens is 226 g/mol. The number of carbonyl (C=O) groups is 1. The summed E-state index contributed by atoms with van der Waals surface area (Å²) in [5.41, 5.74) is 1.45. The van der Waals surface area contributed by atoms with Gasteiger partial charge < -0.3 is 4.74 Å². The van der Waals surface area contributed by atoms with Gasteiger partial charge in [0.15, 0.2) is 0 Å². The van der Waals surface area contributed by atoms with Crippen molar-refractivity contribution in [2.75, 3.05) is 6.61 Å². The van der Waals surface area contributed by atoms with E-state index in [0.717, 1.165) is 29.3 Å². The smallest absolute Gasteiger partial charge is 0.340 e. The summed E-state index contributed by atoms with van der Waals surface area (Å²) < 4.78 is 5.14. The van der Waals surface area contributed by atoms with Crippen LogP contribution in [0.2, 0.25) is 0 Å². The molecule has 0 aliphatic rings. The molecule has 94 valence electrons. The monoisotopic (exact) mass is 243 g/mol. The van der Waals surface area contributed by atoms with Gasteiger partial charge in [-0.3, -0.25) is 4.98 Å². The third kappa shape index (κ3) is 2.35. The molecule has 0 fully saturated rings. The molecule has 1 aromatic carbocycles. The highest BCUT2D eigenvalue weighted by atomic mass is 16.5. The molecule has 2 rings (SSSR count). The molecule has 1 aromatic heterocycles. The second kappa shape index (κ2) is 5.63. The van der Waals surface area contributed by atoms with E-state index in [9.17, 15) is 4.79 Å². The van der Waals surface area contributed by atoms with E-state index in [4.69, 9.17) is 4.74 Å². The van der Waals surface area contributed by atoms with Crippen LogP contribution in [0, 0.1) is 0 Å². The van der Waals surface area contributed by atoms with E-state index in [1.165, 1.54) is 0 Å². The fourth-order valence-electron chi connectivity index (χ4n) is 2.06. The number of fused-ring (bicyclic) bond motifs is 1. The maximum absolute atomic E-state index is 12.1. The summed E-state index contributed by atoms with van der Waals surface area (Å²) in [6.45, 7) is 4.27. The Morgan fingerprint density at radius 1 is 1.28 bits per heavy atom. The minimum atomic E-state index is -0.273. The van der Waals surface area contributed by atoms with Crippen molar-refractivity contribution in [1.29, 1.82) is 0 Å². The number of carbonyl (C=O) groups excluding carboxylic acids is 1. The van der Waals surface area contributed by atoms with Crippen LogP contribution in [0.4, 0.5) is 0 Å². The predicted octanol–water partition coefficient (Wildman–Crippen LogP) is 3.36. The molecule has 3 nitrogen and oxygen atoms in total. The van der Waals surface area contributed by atoms with E-state index in [2.05, 4.69) is 11.9 Å². The Hall–Kier alpha value is -1.90. The molecule has 3 heteroatoms. The Morgan fingerprint density at radius 3 is 2.78 bits per heavy atom. The molecule has 2 aromatic rings. The normalized spacial score (nSPS) is 10.6. The maximum Gasteiger partial charge on any atom is 0.340 e. The van der Waals surface area contributed by atoms with Crippen LogP contribution in [0.15, 0.2) is 30.5 Å². The molecule has 0 saturated carbocycles. The molecule has 0 N–H and O–H groups in total. The topological polar surface area (TPSA) is 39.2 Å². The Kier molecular flexibility index (Phi) is 3.92. The number of pyridine rings is 1. The SMILES string of the molecule is CCCc1ncc2ccccc2c1C(=O)OCC. The summed E-state index contributed by atoms with van der Waals surface area (Å²) in [5, 5.41) is 1.90. The van der Waals surface area contributed by atoms with Crippen LogP contribution in [0.1, 0.15) is 36.3 Å². The number of benzene rings is 1. The van der Waals surface area contributed by atoms with Gasteiger partial charge in [0.25, 0.3) is 0 Å². The number of aromatic nitrogens is 1. The van der Waals surface area contributed by atoms with Gasteiger partial charge in [0, 0.05) is 11.6 Å². The van der Waals surface area contributed by atoms with Gasteiger partial charge in [0.2, 0.25) is 0 Å². The molecule has 1 heterocycles. The van der Waals surface area contributed by atoms with Crippen LogP contribution < -0.4 is 0 Å². The van der Waals surface area contributed by atoms with E-state index in [1.54, 1.807) is 0 Å². The summed E-state index contributed by atoms with van der Waals surface area (Å²) >= 11 is 0. The van der Waals surface area contributed by atoms with Crippen molar-refractivity contribution < 1.29 is 9.53 Å². The van der Waals surface area contributed by atoms with Gasteiger partial charge in [0.1, 0.15) is 0 Å². The highest BCUT2D eigenvalue weighted by molar-refractivity contribution is 6.05. The van der Waals surface area contributed by atoms with Gasteiger partial charge in [-0.2, -0.15) is 0 Å². The fourth-order valence-corrected chi connectivity index (χ4v) is 2.06. The zero-order valence-corrected chi connectivity index (χ0v) is 10.8. The Labute approximate surface area is 107 Å². The molecule has 0 atom stereocenters. The molecule has 0 aliphatic heterocycles. The van der Waals surface area contributed by atoms with Crippen molar-refractivity contribution in [1.82, 2.24) is 4.98 Å². The zero-order valence-electron chi connectivity index (χ0n) is 10.8. The molecule has 0 amide bonds. The first-order valence-corrected chi connectivity index (χ1v) is 6.31. The predicted molar refractivity (Wildman–Crippen MR) is 71.7 cm³/mol. The van der Waals surface area contributed by atoms with Gasteiger partial charge in [0.05, 0.1) is 17.9 Å². The van der Waals surface area contributed by atoms with E-state index in [1.807, 2.05) is 37.4 Å². The van der Waals surface area contributed by atoms with Crippen molar-refractivity contribution in [3.05, 3.63) is 41.7 Å². The molecule has 0 unspecified atom stereocenters. The molecule has 0 aliphatic carbocycles. The van der Waals surface area contributed by atoms with Crippen molar-refractivity contribution in [2.24, 2.45) is 0 Å². The third-order valence-corrected chi connectivity index (χ3v) is 2.84. The lowest BCUT2D eigenvalue weighted by molar-refractivity contribution is 0.0527. The summed E-state index contributed by atoms with van der Waals surface area (Å²) in [5.74, 6) is -0.273. The number of hydrogen-bond acceptors (Lipinski definition) is 3. The minimum absolute atomic E-state index is 0.273. The second-order valence-electron chi connectivity index (χ2n) is 4.14. The number of hydrogen-bond donors (Lipinski definition) is 0. The average molecular weight is 243 g/mol. The Morgan fingerprint density at radius 2 is 2.06 bits per heavy atom. The first kappa shape index (κ1) is 12.6. The Bertz CT molecular complexity index is 563. The van der Waals surface area contributed by atoms with Crippen LogP contribution >= 0.6 is 0 Å². The highest BCUT2D eigenvalue weighted by Gasteiger charge is 2.16. The van der Waals surface area contributed by atoms with Crippen LogP contribution in [-0.4, -0.2) is 17.6 Å². The molecule has 0 radical (unpaired) electrons. The third-order valence-electron chi connectivity index (χ3n) is 2.84. The largest absolute Gasteiger partial charge is 0.462 e. The number of nitrogens with zero attached hydrogens (tertiary/aromatic N) is 1. The van der Waals surface area contributed by atoms with E-state index in [0.29, 0.717) is 12.2 Å². The van der Waals surface area contributed by atoms with Gasteiger partial charge >= 0.3 is 5.97 Å². The van der Waals surface area contributed by atoms with Crippen LogP contribution in [0.5, 0.6) is 0 Å². The zero-order chi connectivity index (χ0) is 13.0. The summed E-state index contributed by atoms with van der Waals surface area (Å²) in [6.07, 6.45) is 3.57. The van der Waals surface area contributed by atoms with Crippen molar-refractivity contribution in [2.45, 2.75) is 26.7 Å². The van der Waals surface area contributed by atoms with Gasteiger partial charge in [-0.25, -0.2) is 4.79 Å². The molecule has 0 bridgehead atoms. The van der Waals surface area contributed by atoms with E-state index in [-0.39, 0.29) is 5.97 Å². The average Bonchev–Trinajstić information content (AvgIpc) is 2.39. The van der Waals surface area contributed by atoms with Crippen molar-refractivity contribution >= 4 is 16.7 Å². The number of esters is 1. The number of aryl methyl sites for hydroxylation is 1. The lowest BCUT2D eigenvalue weighted by Gasteiger charge is -2.10. The first-order valence-electron chi connectivity index (χ1n) is 6.31. The lowest BCUT2D eigenvalue weighted by Crippen LogP contribution is -2.10. The summed E-state index contributed by atoms with van der Waals surface area (Å²) in [4.78, 5) is 16.5. The quantitative estimate of drug-likeness (QED) is 0.773. The van der Waals surface area contributed by atoms with Gasteiger partial charge in [-0.05, 0) is 18.7 Å². The molecule has 18 heavy (non-hydrogen) atoms. The highest BCUT2D eigenvalue weighted by Crippen LogP contribution is 2.22. The van der Waals surface area contributed by atoms with E-state index < -0.39 is 0 Å². The van der Waals surface area contributed by atoms with Crippen molar-refractivity contribution in [3.8, 4) is 0 Å². The summed E-state index contributed by atoms with van der Waals surface area (Å²) in [7, 11) is 0.